The van der Waals surface area contributed by atoms with Gasteiger partial charge in [-0.05, 0) is 35.9 Å². The molecule has 0 unspecified atom stereocenters. The lowest BCUT2D eigenvalue weighted by atomic mass is 10.0. The Balaban J connectivity index is 0.000000252. The minimum Gasteiger partial charge on any atom is -0.497 e. The van der Waals surface area contributed by atoms with Crippen LogP contribution in [0.25, 0.3) is 0 Å². The molecule has 2 aromatic carbocycles. The Morgan fingerprint density at radius 2 is 1.83 bits per heavy atom. The predicted octanol–water partition coefficient (Wildman–Crippen LogP) is 4.10. The molecule has 1 atom stereocenters. The number of pyridine rings is 1. The number of nitrogens with one attached hydrogen (secondary N) is 1. The third-order valence-corrected chi connectivity index (χ3v) is 4.02. The van der Waals surface area contributed by atoms with Crippen molar-refractivity contribution in [2.45, 2.75) is 6.04 Å². The molecule has 2 heterocycles. The molecule has 6 heteroatoms. The number of ether oxygens (including phenoxy) is 2. The number of benzene rings is 2. The SMILES string of the molecule is COc1ccccc1.O=C1N[C@H](c2cccc(C#Cc3ccnc(F)c3)c2)CO1. The van der Waals surface area contributed by atoms with E-state index in [1.807, 2.05) is 54.6 Å². The van der Waals surface area contributed by atoms with Gasteiger partial charge in [0.15, 0.2) is 0 Å². The fraction of sp³-hybridized carbons (Fsp3) is 0.130. The number of alkyl carbamates (subject to hydrolysis) is 1. The van der Waals surface area contributed by atoms with Gasteiger partial charge in [0.2, 0.25) is 5.95 Å². The van der Waals surface area contributed by atoms with Crippen LogP contribution in [0, 0.1) is 17.8 Å². The van der Waals surface area contributed by atoms with Crippen LogP contribution in [0.4, 0.5) is 9.18 Å². The molecule has 0 radical (unpaired) electrons. The van der Waals surface area contributed by atoms with E-state index in [1.165, 1.54) is 12.3 Å². The van der Waals surface area contributed by atoms with Crippen LogP contribution < -0.4 is 10.1 Å². The summed E-state index contributed by atoms with van der Waals surface area (Å²) in [7, 11) is 1.66. The molecule has 0 saturated carbocycles. The normalized spacial score (nSPS) is 14.4. The van der Waals surface area contributed by atoms with Gasteiger partial charge in [0.05, 0.1) is 13.2 Å². The second-order valence-electron chi connectivity index (χ2n) is 6.06. The number of nitrogens with zero attached hydrogens (tertiary/aromatic N) is 1. The average molecular weight is 390 g/mol. The topological polar surface area (TPSA) is 60.5 Å². The number of carbonyl (C=O) groups excluding carboxylic acids is 1. The van der Waals surface area contributed by atoms with Crippen molar-refractivity contribution in [3.63, 3.8) is 0 Å². The Hall–Kier alpha value is -3.85. The van der Waals surface area contributed by atoms with Crippen molar-refractivity contribution < 1.29 is 18.7 Å². The number of halogens is 1. The number of hydrogen-bond donors (Lipinski definition) is 1. The molecule has 1 aromatic heterocycles. The number of aromatic nitrogens is 1. The van der Waals surface area contributed by atoms with Crippen LogP contribution >= 0.6 is 0 Å². The Morgan fingerprint density at radius 3 is 2.45 bits per heavy atom. The number of para-hydroxylation sites is 1. The molecule has 1 saturated heterocycles. The standard InChI is InChI=1S/C16H11FN2O2.C7H8O/c17-15-9-12(6-7-18-15)5-4-11-2-1-3-13(8-11)14-10-21-16(20)19-14;1-8-7-5-3-2-4-6-7/h1-3,6-9,14H,10H2,(H,19,20);2-6H,1H3/t14-;/m0./s1. The van der Waals surface area contributed by atoms with E-state index in [0.29, 0.717) is 12.2 Å². The quantitative estimate of drug-likeness (QED) is 0.529. The first-order valence-corrected chi connectivity index (χ1v) is 8.90. The summed E-state index contributed by atoms with van der Waals surface area (Å²) in [5.74, 6) is 6.20. The molecule has 1 aliphatic heterocycles. The maximum absolute atomic E-state index is 13.0. The van der Waals surface area contributed by atoms with Gasteiger partial charge in [0.1, 0.15) is 12.4 Å². The van der Waals surface area contributed by atoms with Crippen molar-refractivity contribution in [2.24, 2.45) is 0 Å². The fourth-order valence-electron chi connectivity index (χ4n) is 2.58. The highest BCUT2D eigenvalue weighted by Gasteiger charge is 2.23. The van der Waals surface area contributed by atoms with Crippen LogP contribution in [-0.4, -0.2) is 24.8 Å². The van der Waals surface area contributed by atoms with E-state index in [0.717, 1.165) is 16.9 Å². The molecule has 1 aliphatic rings. The zero-order valence-electron chi connectivity index (χ0n) is 15.8. The number of cyclic esters (lactones) is 1. The molecule has 0 aliphatic carbocycles. The first-order chi connectivity index (χ1) is 14.1. The molecule has 1 N–H and O–H groups in total. The van der Waals surface area contributed by atoms with Crippen molar-refractivity contribution >= 4 is 6.09 Å². The maximum Gasteiger partial charge on any atom is 0.407 e. The van der Waals surface area contributed by atoms with Gasteiger partial charge >= 0.3 is 6.09 Å². The fourth-order valence-corrected chi connectivity index (χ4v) is 2.58. The Kier molecular flexibility index (Phi) is 6.80. The van der Waals surface area contributed by atoms with Gasteiger partial charge in [-0.2, -0.15) is 4.39 Å². The second kappa shape index (κ2) is 9.90. The van der Waals surface area contributed by atoms with Gasteiger partial charge in [-0.1, -0.05) is 42.2 Å². The largest absolute Gasteiger partial charge is 0.497 e. The summed E-state index contributed by atoms with van der Waals surface area (Å²) >= 11 is 0. The molecule has 3 aromatic rings. The van der Waals surface area contributed by atoms with Crippen molar-refractivity contribution in [2.75, 3.05) is 13.7 Å². The van der Waals surface area contributed by atoms with E-state index in [4.69, 9.17) is 9.47 Å². The summed E-state index contributed by atoms with van der Waals surface area (Å²) < 4.78 is 22.7. The Morgan fingerprint density at radius 1 is 1.07 bits per heavy atom. The predicted molar refractivity (Wildman–Crippen MR) is 107 cm³/mol. The summed E-state index contributed by atoms with van der Waals surface area (Å²) in [5.41, 5.74) is 2.27. The monoisotopic (exact) mass is 390 g/mol. The van der Waals surface area contributed by atoms with Crippen LogP contribution in [0.1, 0.15) is 22.7 Å². The molecule has 4 rings (SSSR count). The molecule has 146 valence electrons. The first kappa shape index (κ1) is 19.9. The van der Waals surface area contributed by atoms with Crippen LogP contribution in [0.3, 0.4) is 0 Å². The van der Waals surface area contributed by atoms with E-state index in [2.05, 4.69) is 22.1 Å². The van der Waals surface area contributed by atoms with E-state index < -0.39 is 12.0 Å². The van der Waals surface area contributed by atoms with Crippen LogP contribution in [0.15, 0.2) is 72.9 Å². The number of methoxy groups -OCH3 is 1. The minimum atomic E-state index is -0.554. The lowest BCUT2D eigenvalue weighted by Crippen LogP contribution is -2.18. The summed E-state index contributed by atoms with van der Waals surface area (Å²) in [4.78, 5) is 14.5. The second-order valence-corrected chi connectivity index (χ2v) is 6.06. The molecule has 1 amide bonds. The number of carbonyl (C=O) groups is 1. The Bertz CT molecular complexity index is 1030. The third-order valence-electron chi connectivity index (χ3n) is 4.02. The average Bonchev–Trinajstić information content (AvgIpc) is 3.20. The van der Waals surface area contributed by atoms with Crippen molar-refractivity contribution in [1.82, 2.24) is 10.3 Å². The highest BCUT2D eigenvalue weighted by Crippen LogP contribution is 2.18. The number of hydrogen-bond acceptors (Lipinski definition) is 4. The van der Waals surface area contributed by atoms with E-state index >= 15 is 0 Å². The molecule has 0 spiro atoms. The molecule has 29 heavy (non-hydrogen) atoms. The Labute approximate surface area is 168 Å². The smallest absolute Gasteiger partial charge is 0.407 e. The van der Waals surface area contributed by atoms with Crippen LogP contribution in [0.5, 0.6) is 5.75 Å². The van der Waals surface area contributed by atoms with Crippen LogP contribution in [-0.2, 0) is 4.74 Å². The van der Waals surface area contributed by atoms with E-state index in [-0.39, 0.29) is 6.04 Å². The maximum atomic E-state index is 13.0. The van der Waals surface area contributed by atoms with E-state index in [1.54, 1.807) is 13.2 Å². The zero-order valence-corrected chi connectivity index (χ0v) is 15.8. The molecular weight excluding hydrogens is 371 g/mol. The number of rotatable bonds is 2. The van der Waals surface area contributed by atoms with Gasteiger partial charge in [-0.3, -0.25) is 0 Å². The lowest BCUT2D eigenvalue weighted by Gasteiger charge is -2.07. The van der Waals surface area contributed by atoms with Crippen LogP contribution in [0.2, 0.25) is 0 Å². The highest BCUT2D eigenvalue weighted by atomic mass is 19.1. The number of amides is 1. The van der Waals surface area contributed by atoms with Gasteiger partial charge in [-0.15, -0.1) is 0 Å². The van der Waals surface area contributed by atoms with Crippen molar-refractivity contribution in [1.29, 1.82) is 0 Å². The van der Waals surface area contributed by atoms with Crippen molar-refractivity contribution in [3.8, 4) is 17.6 Å². The zero-order chi connectivity index (χ0) is 20.5. The summed E-state index contributed by atoms with van der Waals surface area (Å²) in [6, 6.07) is 19.9. The van der Waals surface area contributed by atoms with Gasteiger partial charge in [0.25, 0.3) is 0 Å². The first-order valence-electron chi connectivity index (χ1n) is 8.90. The molecule has 1 fully saturated rings. The van der Waals surface area contributed by atoms with Gasteiger partial charge < -0.3 is 14.8 Å². The minimum absolute atomic E-state index is 0.155. The van der Waals surface area contributed by atoms with Gasteiger partial charge in [0, 0.05) is 23.4 Å². The van der Waals surface area contributed by atoms with Crippen molar-refractivity contribution in [3.05, 3.63) is 95.6 Å². The highest BCUT2D eigenvalue weighted by molar-refractivity contribution is 5.70. The lowest BCUT2D eigenvalue weighted by molar-refractivity contribution is 0.177. The molecular formula is C23H19FN2O3. The third kappa shape index (κ3) is 6.08. The molecule has 5 nitrogen and oxygen atoms in total. The van der Waals surface area contributed by atoms with E-state index in [9.17, 15) is 9.18 Å². The van der Waals surface area contributed by atoms with Gasteiger partial charge in [-0.25, -0.2) is 9.78 Å². The molecule has 0 bridgehead atoms. The summed E-state index contributed by atoms with van der Waals surface area (Å²) in [6.45, 7) is 0.311. The summed E-state index contributed by atoms with van der Waals surface area (Å²) in [6.07, 6.45) is 0.963. The summed E-state index contributed by atoms with van der Waals surface area (Å²) in [5, 5.41) is 2.71.